The lowest BCUT2D eigenvalue weighted by molar-refractivity contribution is 0.0768. The van der Waals surface area contributed by atoms with Crippen LogP contribution in [-0.2, 0) is 11.2 Å². The summed E-state index contributed by atoms with van der Waals surface area (Å²) in [6.07, 6.45) is 4.47. The molecule has 0 aromatic heterocycles. The van der Waals surface area contributed by atoms with Crippen LogP contribution < -0.4 is 0 Å². The van der Waals surface area contributed by atoms with E-state index in [2.05, 4.69) is 30.3 Å². The molecule has 1 fully saturated rings. The first-order chi connectivity index (χ1) is 7.90. The van der Waals surface area contributed by atoms with Gasteiger partial charge in [-0.1, -0.05) is 30.3 Å². The summed E-state index contributed by atoms with van der Waals surface area (Å²) in [5.41, 5.74) is 1.40. The fourth-order valence-electron chi connectivity index (χ4n) is 2.45. The monoisotopic (exact) mass is 220 g/mol. The predicted octanol–water partition coefficient (Wildman–Crippen LogP) is 2.41. The molecule has 1 aliphatic heterocycles. The summed E-state index contributed by atoms with van der Waals surface area (Å²) in [5, 5.41) is 8.85. The third-order valence-corrected chi connectivity index (χ3v) is 3.33. The van der Waals surface area contributed by atoms with Gasteiger partial charge in [0.25, 0.3) is 0 Å². The number of aliphatic hydroxyl groups is 1. The average Bonchev–Trinajstić information content (AvgIpc) is 2.75. The van der Waals surface area contributed by atoms with E-state index in [0.29, 0.717) is 12.0 Å². The Kier molecular flexibility index (Phi) is 4.37. The molecule has 0 saturated carbocycles. The third kappa shape index (κ3) is 3.06. The van der Waals surface area contributed by atoms with E-state index in [1.807, 2.05) is 0 Å². The minimum atomic E-state index is 0.276. The van der Waals surface area contributed by atoms with Crippen LogP contribution >= 0.6 is 0 Å². The Labute approximate surface area is 97.3 Å². The summed E-state index contributed by atoms with van der Waals surface area (Å²) in [4.78, 5) is 0. The van der Waals surface area contributed by atoms with Crippen molar-refractivity contribution in [2.45, 2.75) is 31.8 Å². The van der Waals surface area contributed by atoms with Crippen molar-refractivity contribution in [3.63, 3.8) is 0 Å². The molecule has 2 rings (SSSR count). The topological polar surface area (TPSA) is 29.5 Å². The molecule has 1 aromatic rings. The number of benzene rings is 1. The first kappa shape index (κ1) is 11.6. The van der Waals surface area contributed by atoms with Gasteiger partial charge in [-0.05, 0) is 37.2 Å². The molecule has 0 unspecified atom stereocenters. The third-order valence-electron chi connectivity index (χ3n) is 3.33. The fraction of sp³-hybridized carbons (Fsp3) is 0.571. The Morgan fingerprint density at radius 2 is 2.06 bits per heavy atom. The Morgan fingerprint density at radius 3 is 2.81 bits per heavy atom. The SMILES string of the molecule is OCCC[C@@H]1OCC[C@@H]1Cc1ccccc1. The minimum absolute atomic E-state index is 0.276. The molecule has 1 aliphatic rings. The van der Waals surface area contributed by atoms with Gasteiger partial charge in [-0.3, -0.25) is 0 Å². The van der Waals surface area contributed by atoms with Crippen LogP contribution in [0.1, 0.15) is 24.8 Å². The van der Waals surface area contributed by atoms with E-state index >= 15 is 0 Å². The molecule has 16 heavy (non-hydrogen) atoms. The molecule has 1 heterocycles. The lowest BCUT2D eigenvalue weighted by Crippen LogP contribution is -2.18. The van der Waals surface area contributed by atoms with Crippen LogP contribution in [0.5, 0.6) is 0 Å². The highest BCUT2D eigenvalue weighted by molar-refractivity contribution is 5.15. The molecule has 88 valence electrons. The molecule has 2 atom stereocenters. The highest BCUT2D eigenvalue weighted by Gasteiger charge is 2.27. The molecular weight excluding hydrogens is 200 g/mol. The summed E-state index contributed by atoms with van der Waals surface area (Å²) in [6, 6.07) is 10.6. The predicted molar refractivity (Wildman–Crippen MR) is 64.3 cm³/mol. The van der Waals surface area contributed by atoms with Gasteiger partial charge in [-0.2, -0.15) is 0 Å². The van der Waals surface area contributed by atoms with Crippen LogP contribution in [-0.4, -0.2) is 24.4 Å². The Bertz CT molecular complexity index is 297. The van der Waals surface area contributed by atoms with E-state index in [1.165, 1.54) is 5.56 Å². The second-order valence-electron chi connectivity index (χ2n) is 4.51. The molecule has 1 saturated heterocycles. The largest absolute Gasteiger partial charge is 0.396 e. The summed E-state index contributed by atoms with van der Waals surface area (Å²) < 4.78 is 5.73. The molecule has 2 nitrogen and oxygen atoms in total. The van der Waals surface area contributed by atoms with E-state index in [9.17, 15) is 0 Å². The molecular formula is C14H20O2. The fourth-order valence-corrected chi connectivity index (χ4v) is 2.45. The number of aliphatic hydroxyl groups excluding tert-OH is 1. The maximum absolute atomic E-state index is 8.85. The summed E-state index contributed by atoms with van der Waals surface area (Å²) in [7, 11) is 0. The van der Waals surface area contributed by atoms with Crippen molar-refractivity contribution in [3.8, 4) is 0 Å². The van der Waals surface area contributed by atoms with Gasteiger partial charge >= 0.3 is 0 Å². The standard InChI is InChI=1S/C14H20O2/c15-9-4-7-14-13(8-10-16-14)11-12-5-2-1-3-6-12/h1-3,5-6,13-15H,4,7-11H2/t13-,14+/m1/s1. The Morgan fingerprint density at radius 1 is 1.25 bits per heavy atom. The van der Waals surface area contributed by atoms with Crippen molar-refractivity contribution in [1.82, 2.24) is 0 Å². The van der Waals surface area contributed by atoms with Crippen molar-refractivity contribution in [2.75, 3.05) is 13.2 Å². The van der Waals surface area contributed by atoms with Crippen molar-refractivity contribution in [3.05, 3.63) is 35.9 Å². The van der Waals surface area contributed by atoms with E-state index in [4.69, 9.17) is 9.84 Å². The van der Waals surface area contributed by atoms with E-state index < -0.39 is 0 Å². The quantitative estimate of drug-likeness (QED) is 0.825. The molecule has 1 aromatic carbocycles. The molecule has 0 bridgehead atoms. The molecule has 0 aliphatic carbocycles. The smallest absolute Gasteiger partial charge is 0.0608 e. The number of hydrogen-bond acceptors (Lipinski definition) is 2. The second-order valence-corrected chi connectivity index (χ2v) is 4.51. The number of ether oxygens (including phenoxy) is 1. The maximum atomic E-state index is 8.85. The van der Waals surface area contributed by atoms with Crippen molar-refractivity contribution in [1.29, 1.82) is 0 Å². The van der Waals surface area contributed by atoms with Crippen LogP contribution in [0, 0.1) is 5.92 Å². The number of hydrogen-bond donors (Lipinski definition) is 1. The first-order valence-corrected chi connectivity index (χ1v) is 6.16. The zero-order valence-corrected chi connectivity index (χ0v) is 9.64. The van der Waals surface area contributed by atoms with Gasteiger partial charge in [0, 0.05) is 13.2 Å². The molecule has 0 amide bonds. The summed E-state index contributed by atoms with van der Waals surface area (Å²) in [6.45, 7) is 1.16. The van der Waals surface area contributed by atoms with E-state index in [1.54, 1.807) is 0 Å². The van der Waals surface area contributed by atoms with Crippen LogP contribution in [0.15, 0.2) is 30.3 Å². The van der Waals surface area contributed by atoms with Gasteiger partial charge in [0.1, 0.15) is 0 Å². The summed E-state index contributed by atoms with van der Waals surface area (Å²) >= 11 is 0. The molecule has 0 spiro atoms. The molecule has 2 heteroatoms. The van der Waals surface area contributed by atoms with Crippen LogP contribution in [0.2, 0.25) is 0 Å². The van der Waals surface area contributed by atoms with E-state index in [-0.39, 0.29) is 6.61 Å². The van der Waals surface area contributed by atoms with Gasteiger partial charge in [-0.15, -0.1) is 0 Å². The number of rotatable bonds is 5. The average molecular weight is 220 g/mol. The van der Waals surface area contributed by atoms with Crippen molar-refractivity contribution < 1.29 is 9.84 Å². The van der Waals surface area contributed by atoms with Crippen LogP contribution in [0.25, 0.3) is 0 Å². The zero-order chi connectivity index (χ0) is 11.2. The van der Waals surface area contributed by atoms with Crippen molar-refractivity contribution in [2.24, 2.45) is 5.92 Å². The first-order valence-electron chi connectivity index (χ1n) is 6.16. The highest BCUT2D eigenvalue weighted by Crippen LogP contribution is 2.27. The maximum Gasteiger partial charge on any atom is 0.0608 e. The normalized spacial score (nSPS) is 24.8. The van der Waals surface area contributed by atoms with Gasteiger partial charge in [0.05, 0.1) is 6.10 Å². The van der Waals surface area contributed by atoms with Gasteiger partial charge in [0.2, 0.25) is 0 Å². The van der Waals surface area contributed by atoms with Crippen LogP contribution in [0.3, 0.4) is 0 Å². The minimum Gasteiger partial charge on any atom is -0.396 e. The van der Waals surface area contributed by atoms with Crippen LogP contribution in [0.4, 0.5) is 0 Å². The van der Waals surface area contributed by atoms with Gasteiger partial charge < -0.3 is 9.84 Å². The highest BCUT2D eigenvalue weighted by atomic mass is 16.5. The van der Waals surface area contributed by atoms with Gasteiger partial charge in [0.15, 0.2) is 0 Å². The van der Waals surface area contributed by atoms with Crippen molar-refractivity contribution >= 4 is 0 Å². The van der Waals surface area contributed by atoms with E-state index in [0.717, 1.165) is 32.3 Å². The summed E-state index contributed by atoms with van der Waals surface area (Å²) in [5.74, 6) is 0.633. The Hall–Kier alpha value is -0.860. The second kappa shape index (κ2) is 6.02. The Balaban J connectivity index is 1.88. The van der Waals surface area contributed by atoms with Gasteiger partial charge in [-0.25, -0.2) is 0 Å². The lowest BCUT2D eigenvalue weighted by Gasteiger charge is -2.18. The zero-order valence-electron chi connectivity index (χ0n) is 9.64. The molecule has 1 N–H and O–H groups in total. The lowest BCUT2D eigenvalue weighted by atomic mass is 9.91. The molecule has 0 radical (unpaired) electrons.